The van der Waals surface area contributed by atoms with Gasteiger partial charge >= 0.3 is 5.97 Å². The first-order valence-corrected chi connectivity index (χ1v) is 10.3. The summed E-state index contributed by atoms with van der Waals surface area (Å²) < 4.78 is 25.9. The van der Waals surface area contributed by atoms with Gasteiger partial charge in [0.25, 0.3) is 0 Å². The maximum absolute atomic E-state index is 12.0. The van der Waals surface area contributed by atoms with Crippen LogP contribution in [0.25, 0.3) is 11.0 Å². The van der Waals surface area contributed by atoms with E-state index in [-0.39, 0.29) is 10.6 Å². The number of rotatable bonds is 6. The lowest BCUT2D eigenvalue weighted by molar-refractivity contribution is -0.133. The minimum Gasteiger partial charge on any atom is -0.481 e. The predicted molar refractivity (Wildman–Crippen MR) is 96.7 cm³/mol. The molecule has 0 spiro atoms. The second-order valence-corrected chi connectivity index (χ2v) is 8.47. The molecule has 0 radical (unpaired) electrons. The van der Waals surface area contributed by atoms with Crippen molar-refractivity contribution in [3.63, 3.8) is 0 Å². The van der Waals surface area contributed by atoms with E-state index in [4.69, 9.17) is 5.11 Å². The maximum atomic E-state index is 12.0. The van der Waals surface area contributed by atoms with Crippen LogP contribution in [0.3, 0.4) is 0 Å². The maximum Gasteiger partial charge on any atom is 0.313 e. The Hall–Kier alpha value is -2.32. The Kier molecular flexibility index (Phi) is 4.82. The fourth-order valence-electron chi connectivity index (χ4n) is 2.55. The summed E-state index contributed by atoms with van der Waals surface area (Å²) in [5, 5.41) is 9.44. The molecule has 0 unspecified atom stereocenters. The van der Waals surface area contributed by atoms with Crippen molar-refractivity contribution in [3.8, 4) is 0 Å². The monoisotopic (exact) mass is 376 g/mol. The summed E-state index contributed by atoms with van der Waals surface area (Å²) in [7, 11) is -3.44. The molecule has 25 heavy (non-hydrogen) atoms. The molecule has 1 N–H and O–H groups in total. The summed E-state index contributed by atoms with van der Waals surface area (Å²) in [5.74, 6) is -1.10. The number of imidazole rings is 1. The molecular weight excluding hydrogens is 360 g/mol. The van der Waals surface area contributed by atoms with Crippen molar-refractivity contribution in [1.82, 2.24) is 9.55 Å². The van der Waals surface area contributed by atoms with Crippen LogP contribution in [0.1, 0.15) is 5.56 Å². The zero-order chi connectivity index (χ0) is 18.0. The fourth-order valence-corrected chi connectivity index (χ4v) is 4.11. The summed E-state index contributed by atoms with van der Waals surface area (Å²) in [5.41, 5.74) is 2.05. The molecule has 0 saturated heterocycles. The van der Waals surface area contributed by atoms with Gasteiger partial charge in [0.2, 0.25) is 0 Å². The number of nitrogens with zero attached hydrogens (tertiary/aromatic N) is 2. The number of carboxylic acids is 1. The highest BCUT2D eigenvalue weighted by molar-refractivity contribution is 7.99. The Morgan fingerprint density at radius 2 is 1.88 bits per heavy atom. The molecule has 0 aliphatic rings. The summed E-state index contributed by atoms with van der Waals surface area (Å²) in [6.45, 7) is 0.479. The fraction of sp³-hybridized carbons (Fsp3) is 0.176. The second-order valence-electron chi connectivity index (χ2n) is 5.54. The van der Waals surface area contributed by atoms with Gasteiger partial charge in [-0.05, 0) is 17.7 Å². The highest BCUT2D eigenvalue weighted by Crippen LogP contribution is 2.29. The molecule has 2 aromatic carbocycles. The van der Waals surface area contributed by atoms with Crippen LogP contribution in [0.5, 0.6) is 0 Å². The first kappa shape index (κ1) is 17.5. The highest BCUT2D eigenvalue weighted by atomic mass is 32.2. The van der Waals surface area contributed by atoms with Crippen molar-refractivity contribution in [2.75, 3.05) is 12.0 Å². The number of aliphatic carboxylic acids is 1. The molecule has 1 heterocycles. The van der Waals surface area contributed by atoms with Crippen LogP contribution >= 0.6 is 11.8 Å². The number of benzene rings is 2. The Morgan fingerprint density at radius 3 is 2.52 bits per heavy atom. The molecule has 1 aromatic heterocycles. The van der Waals surface area contributed by atoms with Gasteiger partial charge in [-0.15, -0.1) is 0 Å². The van der Waals surface area contributed by atoms with E-state index in [2.05, 4.69) is 4.98 Å². The summed E-state index contributed by atoms with van der Waals surface area (Å²) in [6.07, 6.45) is 1.14. The average molecular weight is 376 g/mol. The molecule has 8 heteroatoms. The largest absolute Gasteiger partial charge is 0.481 e. The van der Waals surface area contributed by atoms with Gasteiger partial charge in [0.05, 0.1) is 22.7 Å². The molecule has 0 fully saturated rings. The van der Waals surface area contributed by atoms with E-state index < -0.39 is 15.8 Å². The molecule has 0 saturated carbocycles. The van der Waals surface area contributed by atoms with Crippen LogP contribution in [0.4, 0.5) is 0 Å². The van der Waals surface area contributed by atoms with Crippen LogP contribution in [0, 0.1) is 0 Å². The van der Waals surface area contributed by atoms with Crippen LogP contribution in [0.2, 0.25) is 0 Å². The van der Waals surface area contributed by atoms with Gasteiger partial charge < -0.3 is 9.67 Å². The molecule has 0 atom stereocenters. The Balaban J connectivity index is 2.17. The number of para-hydroxylation sites is 1. The molecular formula is C17H16N2O4S2. The van der Waals surface area contributed by atoms with Crippen molar-refractivity contribution in [3.05, 3.63) is 54.1 Å². The number of sulfone groups is 1. The standard InChI is InChI=1S/C17H16N2O4S2/c1-25(22,23)14-9-5-8-13-16(14)18-17(24-11-15(20)21)19(13)10-12-6-3-2-4-7-12/h2-9H,10-11H2,1H3,(H,20,21). The minimum atomic E-state index is -3.44. The number of fused-ring (bicyclic) bond motifs is 1. The van der Waals surface area contributed by atoms with Crippen molar-refractivity contribution in [2.24, 2.45) is 0 Å². The second kappa shape index (κ2) is 6.89. The van der Waals surface area contributed by atoms with E-state index in [1.807, 2.05) is 34.9 Å². The van der Waals surface area contributed by atoms with Crippen LogP contribution in [-0.4, -0.2) is 41.1 Å². The topological polar surface area (TPSA) is 89.3 Å². The Bertz CT molecular complexity index is 1030. The summed E-state index contributed by atoms with van der Waals surface area (Å²) in [6, 6.07) is 14.6. The van der Waals surface area contributed by atoms with Crippen molar-refractivity contribution in [1.29, 1.82) is 0 Å². The van der Waals surface area contributed by atoms with Gasteiger partial charge in [-0.2, -0.15) is 0 Å². The zero-order valence-electron chi connectivity index (χ0n) is 13.4. The van der Waals surface area contributed by atoms with Crippen molar-refractivity contribution >= 4 is 38.6 Å². The molecule has 3 aromatic rings. The molecule has 0 amide bonds. The van der Waals surface area contributed by atoms with Crippen LogP contribution in [0.15, 0.2) is 58.6 Å². The molecule has 3 rings (SSSR count). The number of thioether (sulfide) groups is 1. The van der Waals surface area contributed by atoms with E-state index in [9.17, 15) is 13.2 Å². The normalized spacial score (nSPS) is 11.7. The average Bonchev–Trinajstić information content (AvgIpc) is 2.90. The van der Waals surface area contributed by atoms with E-state index in [1.54, 1.807) is 12.1 Å². The van der Waals surface area contributed by atoms with Crippen LogP contribution < -0.4 is 0 Å². The van der Waals surface area contributed by atoms with E-state index in [0.29, 0.717) is 22.7 Å². The van der Waals surface area contributed by atoms with Crippen molar-refractivity contribution in [2.45, 2.75) is 16.6 Å². The summed E-state index contributed by atoms with van der Waals surface area (Å²) >= 11 is 1.08. The molecule has 130 valence electrons. The third-order valence-electron chi connectivity index (χ3n) is 3.61. The lowest BCUT2D eigenvalue weighted by Gasteiger charge is -2.08. The van der Waals surface area contributed by atoms with E-state index in [0.717, 1.165) is 23.6 Å². The van der Waals surface area contributed by atoms with Gasteiger partial charge in [0, 0.05) is 6.26 Å². The van der Waals surface area contributed by atoms with Gasteiger partial charge in [0.15, 0.2) is 15.0 Å². The van der Waals surface area contributed by atoms with Crippen molar-refractivity contribution < 1.29 is 18.3 Å². The van der Waals surface area contributed by atoms with E-state index in [1.165, 1.54) is 6.07 Å². The third-order valence-corrected chi connectivity index (χ3v) is 5.70. The molecule has 0 aliphatic heterocycles. The highest BCUT2D eigenvalue weighted by Gasteiger charge is 2.19. The van der Waals surface area contributed by atoms with Gasteiger partial charge in [-0.3, -0.25) is 4.79 Å². The van der Waals surface area contributed by atoms with Gasteiger partial charge in [0.1, 0.15) is 5.52 Å². The number of hydrogen-bond donors (Lipinski definition) is 1. The van der Waals surface area contributed by atoms with E-state index >= 15 is 0 Å². The predicted octanol–water partition coefficient (Wildman–Crippen LogP) is 2.66. The quantitative estimate of drug-likeness (QED) is 0.665. The number of carbonyl (C=O) groups is 1. The molecule has 6 nitrogen and oxygen atoms in total. The first-order chi connectivity index (χ1) is 11.9. The van der Waals surface area contributed by atoms with Gasteiger partial charge in [-0.1, -0.05) is 48.2 Å². The third kappa shape index (κ3) is 3.85. The SMILES string of the molecule is CS(=O)(=O)c1cccc2c1nc(SCC(=O)O)n2Cc1ccccc1. The van der Waals surface area contributed by atoms with Crippen LogP contribution in [-0.2, 0) is 21.2 Å². The summed E-state index contributed by atoms with van der Waals surface area (Å²) in [4.78, 5) is 15.5. The molecule has 0 bridgehead atoms. The number of aromatic nitrogens is 2. The smallest absolute Gasteiger partial charge is 0.313 e. The zero-order valence-corrected chi connectivity index (χ0v) is 15.0. The Labute approximate surface area is 149 Å². The minimum absolute atomic E-state index is 0.147. The lowest BCUT2D eigenvalue weighted by atomic mass is 10.2. The number of carboxylic acid groups (broad SMARTS) is 1. The lowest BCUT2D eigenvalue weighted by Crippen LogP contribution is -2.04. The Morgan fingerprint density at radius 1 is 1.16 bits per heavy atom. The first-order valence-electron chi connectivity index (χ1n) is 7.44. The number of hydrogen-bond acceptors (Lipinski definition) is 5. The van der Waals surface area contributed by atoms with Gasteiger partial charge in [-0.25, -0.2) is 13.4 Å². The molecule has 0 aliphatic carbocycles.